The van der Waals surface area contributed by atoms with Gasteiger partial charge in [0.25, 0.3) is 0 Å². The first-order chi connectivity index (χ1) is 46.5. The molecule has 1 amide bonds. The van der Waals surface area contributed by atoms with Gasteiger partial charge in [-0.1, -0.05) is 448 Å². The molecular formula is C88H169NO5. The summed E-state index contributed by atoms with van der Waals surface area (Å²) in [6, 6.07) is -0.625. The van der Waals surface area contributed by atoms with Crippen molar-refractivity contribution in [2.24, 2.45) is 0 Å². The van der Waals surface area contributed by atoms with E-state index >= 15 is 0 Å². The Bertz CT molecular complexity index is 1520. The number of rotatable bonds is 82. The smallest absolute Gasteiger partial charge is 0.305 e. The maximum absolute atomic E-state index is 12.6. The van der Waals surface area contributed by atoms with E-state index in [1.165, 1.54) is 411 Å². The Morgan fingerprint density at radius 3 is 0.819 bits per heavy atom. The Morgan fingerprint density at radius 1 is 0.298 bits per heavy atom. The fraction of sp³-hybridized carbons (Fsp3) is 0.909. The Labute approximate surface area is 589 Å². The summed E-state index contributed by atoms with van der Waals surface area (Å²) in [4.78, 5) is 24.7. The molecule has 2 unspecified atom stereocenters. The molecule has 0 bridgehead atoms. The molecule has 0 aliphatic carbocycles. The summed E-state index contributed by atoms with van der Waals surface area (Å²) in [7, 11) is 0. The molecule has 0 spiro atoms. The predicted octanol–water partition coefficient (Wildman–Crippen LogP) is 28.9. The van der Waals surface area contributed by atoms with Crippen molar-refractivity contribution in [3.63, 3.8) is 0 Å². The first-order valence-corrected chi connectivity index (χ1v) is 43.3. The molecule has 6 nitrogen and oxygen atoms in total. The summed E-state index contributed by atoms with van der Waals surface area (Å²) in [5.74, 6) is -0.0462. The van der Waals surface area contributed by atoms with Crippen LogP contribution in [0.15, 0.2) is 36.5 Å². The third kappa shape index (κ3) is 79.1. The van der Waals surface area contributed by atoms with Gasteiger partial charge in [0, 0.05) is 12.8 Å². The molecule has 0 aromatic carbocycles. The van der Waals surface area contributed by atoms with E-state index in [-0.39, 0.29) is 18.5 Å². The van der Waals surface area contributed by atoms with Crippen molar-refractivity contribution in [2.45, 2.75) is 501 Å². The molecule has 0 aliphatic rings. The lowest BCUT2D eigenvalue weighted by Crippen LogP contribution is -2.45. The van der Waals surface area contributed by atoms with Crippen molar-refractivity contribution in [3.8, 4) is 0 Å². The highest BCUT2D eigenvalue weighted by molar-refractivity contribution is 5.76. The maximum atomic E-state index is 12.6. The predicted molar refractivity (Wildman–Crippen MR) is 416 cm³/mol. The lowest BCUT2D eigenvalue weighted by Gasteiger charge is -2.20. The Kier molecular flexibility index (Phi) is 81.8. The molecule has 6 heteroatoms. The van der Waals surface area contributed by atoms with Crippen LogP contribution in [0, 0.1) is 0 Å². The van der Waals surface area contributed by atoms with E-state index in [1.54, 1.807) is 6.08 Å². The number of allylic oxidation sites excluding steroid dienone is 5. The van der Waals surface area contributed by atoms with E-state index in [2.05, 4.69) is 43.5 Å². The topological polar surface area (TPSA) is 95.9 Å². The van der Waals surface area contributed by atoms with Crippen LogP contribution in [0.5, 0.6) is 0 Å². The average Bonchev–Trinajstić information content (AvgIpc) is 3.79. The van der Waals surface area contributed by atoms with Gasteiger partial charge in [-0.3, -0.25) is 9.59 Å². The Morgan fingerprint density at radius 2 is 0.532 bits per heavy atom. The summed E-state index contributed by atoms with van der Waals surface area (Å²) >= 11 is 0. The van der Waals surface area contributed by atoms with Gasteiger partial charge in [0.1, 0.15) is 0 Å². The lowest BCUT2D eigenvalue weighted by atomic mass is 10.0. The van der Waals surface area contributed by atoms with Crippen molar-refractivity contribution in [2.75, 3.05) is 13.2 Å². The molecule has 0 heterocycles. The van der Waals surface area contributed by atoms with Crippen molar-refractivity contribution < 1.29 is 24.5 Å². The second-order valence-electron chi connectivity index (χ2n) is 29.9. The molecule has 0 saturated heterocycles. The SMILES string of the molecule is CCCCCC/C=C\C/C=C\CCCCCCCC(=O)OCCCCCCCCCCCCCCCCCCCCCCCCCCCCCCCCCCCCCCCC(=O)NC(CO)C(O)/C=C/CCCCCCCCCCCCCCCCCCCCCCCC. The molecule has 0 aliphatic heterocycles. The molecule has 0 saturated carbocycles. The van der Waals surface area contributed by atoms with Gasteiger partial charge in [0.05, 0.1) is 25.4 Å². The van der Waals surface area contributed by atoms with E-state index in [1.807, 2.05) is 6.08 Å². The number of carbonyl (C=O) groups excluding carboxylic acids is 2. The van der Waals surface area contributed by atoms with Crippen molar-refractivity contribution in [1.29, 1.82) is 0 Å². The number of unbranched alkanes of at least 4 members (excludes halogenated alkanes) is 67. The molecule has 0 rings (SSSR count). The van der Waals surface area contributed by atoms with Crippen LogP contribution in [0.4, 0.5) is 0 Å². The summed E-state index contributed by atoms with van der Waals surface area (Å²) in [5.41, 5.74) is 0. The van der Waals surface area contributed by atoms with Gasteiger partial charge in [-0.05, 0) is 64.2 Å². The number of hydrogen-bond donors (Lipinski definition) is 3. The number of esters is 1. The summed E-state index contributed by atoms with van der Waals surface area (Å²) in [6.45, 7) is 4.94. The van der Waals surface area contributed by atoms with Crippen LogP contribution in [-0.4, -0.2) is 47.4 Å². The molecule has 3 N–H and O–H groups in total. The summed E-state index contributed by atoms with van der Waals surface area (Å²) in [6.07, 6.45) is 110. The van der Waals surface area contributed by atoms with Gasteiger partial charge in [-0.15, -0.1) is 0 Å². The van der Waals surface area contributed by atoms with Gasteiger partial charge in [-0.2, -0.15) is 0 Å². The van der Waals surface area contributed by atoms with E-state index in [4.69, 9.17) is 4.74 Å². The summed E-state index contributed by atoms with van der Waals surface area (Å²) in [5, 5.41) is 23.3. The minimum Gasteiger partial charge on any atom is -0.466 e. The molecule has 0 radical (unpaired) electrons. The van der Waals surface area contributed by atoms with Crippen molar-refractivity contribution >= 4 is 11.9 Å². The second kappa shape index (κ2) is 83.5. The Hall–Kier alpha value is -1.92. The molecule has 0 aromatic rings. The molecule has 0 fully saturated rings. The standard InChI is InChI=1S/C88H169NO5/c1-3-5-7-9-11-13-15-17-19-21-22-23-24-40-43-46-49-52-56-60-64-68-72-76-80-86(91)85(84-90)89-87(92)81-77-73-69-65-61-57-53-50-47-44-41-38-36-34-32-30-28-26-25-27-29-31-33-35-37-39-42-45-48-51-55-59-63-67-71-75-79-83-94-88(93)82-78-74-70-66-62-58-54-20-18-16-14-12-10-8-6-4-2/h14,16,20,54,76,80,85-86,90-91H,3-13,15,17-19,21-53,55-75,77-79,81-84H2,1-2H3,(H,89,92)/b16-14-,54-20-,80-76+. The van der Waals surface area contributed by atoms with E-state index in [9.17, 15) is 19.8 Å². The number of ether oxygens (including phenoxy) is 1. The van der Waals surface area contributed by atoms with Crippen LogP contribution in [0.1, 0.15) is 489 Å². The zero-order valence-corrected chi connectivity index (χ0v) is 64.0. The van der Waals surface area contributed by atoms with Crippen LogP contribution in [-0.2, 0) is 14.3 Å². The molecular weight excluding hydrogens is 1150 g/mol. The normalized spacial score (nSPS) is 12.6. The number of amides is 1. The zero-order valence-electron chi connectivity index (χ0n) is 64.0. The fourth-order valence-corrected chi connectivity index (χ4v) is 13.8. The average molecular weight is 1320 g/mol. The minimum atomic E-state index is -0.842. The summed E-state index contributed by atoms with van der Waals surface area (Å²) < 4.78 is 5.50. The van der Waals surface area contributed by atoms with Gasteiger partial charge in [-0.25, -0.2) is 0 Å². The fourth-order valence-electron chi connectivity index (χ4n) is 13.8. The van der Waals surface area contributed by atoms with Crippen LogP contribution in [0.25, 0.3) is 0 Å². The van der Waals surface area contributed by atoms with E-state index in [0.29, 0.717) is 19.4 Å². The third-order valence-electron chi connectivity index (χ3n) is 20.4. The first-order valence-electron chi connectivity index (χ1n) is 43.3. The van der Waals surface area contributed by atoms with Crippen molar-refractivity contribution in [3.05, 3.63) is 36.5 Å². The number of nitrogens with one attached hydrogen (secondary N) is 1. The van der Waals surface area contributed by atoms with Gasteiger partial charge >= 0.3 is 5.97 Å². The Balaban J connectivity index is 3.33. The molecule has 556 valence electrons. The van der Waals surface area contributed by atoms with E-state index in [0.717, 1.165) is 51.4 Å². The van der Waals surface area contributed by atoms with Gasteiger partial charge < -0.3 is 20.3 Å². The number of aliphatic hydroxyl groups is 2. The quantitative estimate of drug-likeness (QED) is 0.0320. The van der Waals surface area contributed by atoms with Crippen LogP contribution in [0.2, 0.25) is 0 Å². The van der Waals surface area contributed by atoms with Crippen LogP contribution >= 0.6 is 0 Å². The second-order valence-corrected chi connectivity index (χ2v) is 29.9. The number of hydrogen-bond acceptors (Lipinski definition) is 5. The largest absolute Gasteiger partial charge is 0.466 e. The van der Waals surface area contributed by atoms with Gasteiger partial charge in [0.15, 0.2) is 0 Å². The maximum Gasteiger partial charge on any atom is 0.305 e. The number of carbonyl (C=O) groups is 2. The highest BCUT2D eigenvalue weighted by atomic mass is 16.5. The number of aliphatic hydroxyl groups excluding tert-OH is 2. The van der Waals surface area contributed by atoms with Crippen LogP contribution in [0.3, 0.4) is 0 Å². The van der Waals surface area contributed by atoms with Crippen molar-refractivity contribution in [1.82, 2.24) is 5.32 Å². The third-order valence-corrected chi connectivity index (χ3v) is 20.4. The molecule has 2 atom stereocenters. The molecule has 0 aromatic heterocycles. The minimum absolute atomic E-state index is 0.0105. The monoisotopic (exact) mass is 1320 g/mol. The molecule has 94 heavy (non-hydrogen) atoms. The van der Waals surface area contributed by atoms with E-state index < -0.39 is 12.1 Å². The lowest BCUT2D eigenvalue weighted by molar-refractivity contribution is -0.143. The van der Waals surface area contributed by atoms with Crippen LogP contribution < -0.4 is 5.32 Å². The highest BCUT2D eigenvalue weighted by Gasteiger charge is 2.18. The zero-order chi connectivity index (χ0) is 67.7. The first kappa shape index (κ1) is 92.1. The van der Waals surface area contributed by atoms with Gasteiger partial charge in [0.2, 0.25) is 5.91 Å². The highest BCUT2D eigenvalue weighted by Crippen LogP contribution is 2.21.